The highest BCUT2D eigenvalue weighted by molar-refractivity contribution is 5.64. The van der Waals surface area contributed by atoms with Gasteiger partial charge in [-0.25, -0.2) is 0 Å². The minimum Gasteiger partial charge on any atom is -0.497 e. The normalized spacial score (nSPS) is 12.4. The van der Waals surface area contributed by atoms with E-state index in [1.807, 2.05) is 31.4 Å². The second-order valence-electron chi connectivity index (χ2n) is 4.40. The van der Waals surface area contributed by atoms with E-state index in [4.69, 9.17) is 4.74 Å². The molecular formula is C14H19N3O. The van der Waals surface area contributed by atoms with Gasteiger partial charge in [0.25, 0.3) is 0 Å². The van der Waals surface area contributed by atoms with Crippen molar-refractivity contribution in [2.45, 2.75) is 19.4 Å². The number of ether oxygens (including phenoxy) is 1. The third kappa shape index (κ3) is 2.71. The number of aromatic amines is 1. The fraction of sp³-hybridized carbons (Fsp3) is 0.357. The highest BCUT2D eigenvalue weighted by Crippen LogP contribution is 2.25. The Labute approximate surface area is 107 Å². The first-order valence-corrected chi connectivity index (χ1v) is 6.08. The van der Waals surface area contributed by atoms with Crippen molar-refractivity contribution in [3.05, 3.63) is 36.0 Å². The predicted octanol–water partition coefficient (Wildman–Crippen LogP) is 2.24. The van der Waals surface area contributed by atoms with Crippen molar-refractivity contribution in [3.8, 4) is 17.0 Å². The summed E-state index contributed by atoms with van der Waals surface area (Å²) >= 11 is 0. The smallest absolute Gasteiger partial charge is 0.119 e. The molecule has 4 heteroatoms. The Balaban J connectivity index is 2.30. The number of H-pyrrole nitrogens is 1. The zero-order valence-electron chi connectivity index (χ0n) is 11.0. The van der Waals surface area contributed by atoms with Gasteiger partial charge >= 0.3 is 0 Å². The maximum Gasteiger partial charge on any atom is 0.119 e. The maximum absolute atomic E-state index is 5.25. The molecule has 2 aromatic rings. The summed E-state index contributed by atoms with van der Waals surface area (Å²) in [6.07, 6.45) is 2.84. The van der Waals surface area contributed by atoms with Gasteiger partial charge in [0.2, 0.25) is 0 Å². The van der Waals surface area contributed by atoms with Gasteiger partial charge in [0, 0.05) is 11.6 Å². The zero-order chi connectivity index (χ0) is 13.0. The van der Waals surface area contributed by atoms with Gasteiger partial charge in [0.05, 0.1) is 19.0 Å². The second-order valence-corrected chi connectivity index (χ2v) is 4.40. The summed E-state index contributed by atoms with van der Waals surface area (Å²) in [5, 5.41) is 10.5. The lowest BCUT2D eigenvalue weighted by Crippen LogP contribution is -2.23. The largest absolute Gasteiger partial charge is 0.497 e. The van der Waals surface area contributed by atoms with E-state index in [0.717, 1.165) is 23.4 Å². The van der Waals surface area contributed by atoms with Crippen LogP contribution in [0.2, 0.25) is 0 Å². The summed E-state index contributed by atoms with van der Waals surface area (Å²) in [6.45, 7) is 2.16. The quantitative estimate of drug-likeness (QED) is 0.849. The number of rotatable bonds is 5. The Morgan fingerprint density at radius 2 is 2.28 bits per heavy atom. The number of aromatic nitrogens is 2. The SMILES string of the molecule is CNC(C)Cc1cn[nH]c1-c1cccc(OC)c1. The molecule has 0 fully saturated rings. The van der Waals surface area contributed by atoms with E-state index in [9.17, 15) is 0 Å². The fourth-order valence-electron chi connectivity index (χ4n) is 1.93. The summed E-state index contributed by atoms with van der Waals surface area (Å²) in [7, 11) is 3.64. The molecule has 96 valence electrons. The first-order valence-electron chi connectivity index (χ1n) is 6.08. The molecule has 4 nitrogen and oxygen atoms in total. The van der Waals surface area contributed by atoms with E-state index in [1.54, 1.807) is 7.11 Å². The van der Waals surface area contributed by atoms with Crippen LogP contribution in [0.4, 0.5) is 0 Å². The average Bonchev–Trinajstić information content (AvgIpc) is 2.86. The molecule has 1 atom stereocenters. The van der Waals surface area contributed by atoms with Gasteiger partial charge in [-0.15, -0.1) is 0 Å². The Kier molecular flexibility index (Phi) is 3.99. The summed E-state index contributed by atoms with van der Waals surface area (Å²) in [4.78, 5) is 0. The Morgan fingerprint density at radius 1 is 1.44 bits per heavy atom. The van der Waals surface area contributed by atoms with Gasteiger partial charge in [-0.05, 0) is 38.1 Å². The molecule has 0 aliphatic rings. The topological polar surface area (TPSA) is 49.9 Å². The number of nitrogens with zero attached hydrogens (tertiary/aromatic N) is 1. The van der Waals surface area contributed by atoms with Crippen LogP contribution in [0.1, 0.15) is 12.5 Å². The molecule has 1 aromatic heterocycles. The van der Waals surface area contributed by atoms with Crippen molar-refractivity contribution in [3.63, 3.8) is 0 Å². The van der Waals surface area contributed by atoms with Crippen LogP contribution >= 0.6 is 0 Å². The molecule has 2 rings (SSSR count). The Morgan fingerprint density at radius 3 is 3.00 bits per heavy atom. The number of hydrogen-bond acceptors (Lipinski definition) is 3. The second kappa shape index (κ2) is 5.69. The summed E-state index contributed by atoms with van der Waals surface area (Å²) in [5.41, 5.74) is 3.38. The molecule has 0 spiro atoms. The van der Waals surface area contributed by atoms with Crippen LogP contribution in [-0.2, 0) is 6.42 Å². The van der Waals surface area contributed by atoms with Crippen LogP contribution in [0.5, 0.6) is 5.75 Å². The molecule has 2 N–H and O–H groups in total. The molecule has 18 heavy (non-hydrogen) atoms. The van der Waals surface area contributed by atoms with Crippen LogP contribution in [-0.4, -0.2) is 30.4 Å². The molecule has 0 aliphatic heterocycles. The monoisotopic (exact) mass is 245 g/mol. The lowest BCUT2D eigenvalue weighted by atomic mass is 10.0. The van der Waals surface area contributed by atoms with Crippen molar-refractivity contribution in [1.82, 2.24) is 15.5 Å². The van der Waals surface area contributed by atoms with Crippen LogP contribution in [0.3, 0.4) is 0 Å². The van der Waals surface area contributed by atoms with E-state index < -0.39 is 0 Å². The molecule has 1 aromatic carbocycles. The fourth-order valence-corrected chi connectivity index (χ4v) is 1.93. The van der Waals surface area contributed by atoms with Gasteiger partial charge in [-0.3, -0.25) is 5.10 Å². The van der Waals surface area contributed by atoms with E-state index >= 15 is 0 Å². The third-order valence-corrected chi connectivity index (χ3v) is 3.10. The van der Waals surface area contributed by atoms with Crippen LogP contribution in [0.15, 0.2) is 30.5 Å². The lowest BCUT2D eigenvalue weighted by molar-refractivity contribution is 0.415. The minimum absolute atomic E-state index is 0.423. The van der Waals surface area contributed by atoms with E-state index in [2.05, 4.69) is 28.5 Å². The number of benzene rings is 1. The molecule has 0 bridgehead atoms. The van der Waals surface area contributed by atoms with Crippen molar-refractivity contribution >= 4 is 0 Å². The lowest BCUT2D eigenvalue weighted by Gasteiger charge is -2.10. The third-order valence-electron chi connectivity index (χ3n) is 3.10. The highest BCUT2D eigenvalue weighted by atomic mass is 16.5. The van der Waals surface area contributed by atoms with Crippen LogP contribution < -0.4 is 10.1 Å². The molecular weight excluding hydrogens is 226 g/mol. The van der Waals surface area contributed by atoms with Gasteiger partial charge < -0.3 is 10.1 Å². The molecule has 0 saturated carbocycles. The van der Waals surface area contributed by atoms with Crippen LogP contribution in [0, 0.1) is 0 Å². The van der Waals surface area contributed by atoms with Crippen molar-refractivity contribution < 1.29 is 4.74 Å². The predicted molar refractivity (Wildman–Crippen MR) is 72.8 cm³/mol. The van der Waals surface area contributed by atoms with Crippen molar-refractivity contribution in [1.29, 1.82) is 0 Å². The molecule has 0 saturated heterocycles. The first-order chi connectivity index (χ1) is 8.74. The molecule has 1 heterocycles. The summed E-state index contributed by atoms with van der Waals surface area (Å²) in [5.74, 6) is 0.856. The number of likely N-dealkylation sites (N-methyl/N-ethyl adjacent to an activating group) is 1. The van der Waals surface area contributed by atoms with Gasteiger partial charge in [0.1, 0.15) is 5.75 Å². The van der Waals surface area contributed by atoms with E-state index in [-0.39, 0.29) is 0 Å². The van der Waals surface area contributed by atoms with Gasteiger partial charge in [-0.2, -0.15) is 5.10 Å². The van der Waals surface area contributed by atoms with E-state index in [0.29, 0.717) is 6.04 Å². The first kappa shape index (κ1) is 12.6. The van der Waals surface area contributed by atoms with Crippen molar-refractivity contribution in [2.24, 2.45) is 0 Å². The standard InChI is InChI=1S/C14H19N3O/c1-10(15-2)7-12-9-16-17-14(12)11-5-4-6-13(8-11)18-3/h4-6,8-10,15H,7H2,1-3H3,(H,16,17). The highest BCUT2D eigenvalue weighted by Gasteiger charge is 2.10. The Bertz CT molecular complexity index is 507. The summed E-state index contributed by atoms with van der Waals surface area (Å²) < 4.78 is 5.25. The minimum atomic E-state index is 0.423. The number of hydrogen-bond donors (Lipinski definition) is 2. The van der Waals surface area contributed by atoms with Gasteiger partial charge in [-0.1, -0.05) is 12.1 Å². The van der Waals surface area contributed by atoms with E-state index in [1.165, 1.54) is 5.56 Å². The Hall–Kier alpha value is -1.81. The van der Waals surface area contributed by atoms with Gasteiger partial charge in [0.15, 0.2) is 0 Å². The number of methoxy groups -OCH3 is 1. The van der Waals surface area contributed by atoms with Crippen LogP contribution in [0.25, 0.3) is 11.3 Å². The zero-order valence-corrected chi connectivity index (χ0v) is 11.0. The average molecular weight is 245 g/mol. The summed E-state index contributed by atoms with van der Waals surface area (Å²) in [6, 6.07) is 8.42. The molecule has 0 aliphatic carbocycles. The molecule has 0 radical (unpaired) electrons. The van der Waals surface area contributed by atoms with Crippen molar-refractivity contribution in [2.75, 3.05) is 14.2 Å². The molecule has 0 amide bonds. The maximum atomic E-state index is 5.25. The molecule has 1 unspecified atom stereocenters. The number of nitrogens with one attached hydrogen (secondary N) is 2.